The Morgan fingerprint density at radius 2 is 1.88 bits per heavy atom. The fourth-order valence-corrected chi connectivity index (χ4v) is 3.60. The van der Waals surface area contributed by atoms with E-state index in [1.165, 1.54) is 17.8 Å². The van der Waals surface area contributed by atoms with E-state index in [0.29, 0.717) is 17.6 Å². The molecule has 3 heteroatoms. The Morgan fingerprint density at radius 3 is 2.50 bits per heavy atom. The van der Waals surface area contributed by atoms with E-state index in [1.54, 1.807) is 11.3 Å². The third-order valence-electron chi connectivity index (χ3n) is 3.75. The molecule has 16 heavy (non-hydrogen) atoms. The van der Waals surface area contributed by atoms with Gasteiger partial charge in [-0.25, -0.2) is 4.98 Å². The molecule has 3 rings (SSSR count). The van der Waals surface area contributed by atoms with Crippen molar-refractivity contribution in [3.8, 4) is 0 Å². The van der Waals surface area contributed by atoms with Crippen LogP contribution >= 0.6 is 11.3 Å². The normalized spacial score (nSPS) is 25.3. The van der Waals surface area contributed by atoms with E-state index in [-0.39, 0.29) is 5.41 Å². The van der Waals surface area contributed by atoms with Crippen LogP contribution in [0.1, 0.15) is 60.4 Å². The molecule has 86 valence electrons. The van der Waals surface area contributed by atoms with Crippen molar-refractivity contribution in [2.75, 3.05) is 0 Å². The lowest BCUT2D eigenvalue weighted by atomic mass is 9.78. The number of nitrogens with zero attached hydrogens (tertiary/aromatic N) is 1. The number of thiazole rings is 1. The van der Waals surface area contributed by atoms with Crippen LogP contribution in [-0.2, 0) is 11.8 Å². The fourth-order valence-electron chi connectivity index (χ4n) is 2.38. The molecule has 0 unspecified atom stereocenters. The number of ketones is 1. The Balaban J connectivity index is 2.04. The Bertz CT molecular complexity index is 468. The van der Waals surface area contributed by atoms with Gasteiger partial charge in [0.1, 0.15) is 0 Å². The summed E-state index contributed by atoms with van der Waals surface area (Å²) in [5.41, 5.74) is 1.46. The summed E-state index contributed by atoms with van der Waals surface area (Å²) >= 11 is 1.65. The van der Waals surface area contributed by atoms with Gasteiger partial charge in [-0.05, 0) is 24.7 Å². The molecule has 1 aromatic rings. The molecule has 0 bridgehead atoms. The van der Waals surface area contributed by atoms with Gasteiger partial charge in [0, 0.05) is 11.8 Å². The van der Waals surface area contributed by atoms with Gasteiger partial charge < -0.3 is 0 Å². The second kappa shape index (κ2) is 2.95. The highest BCUT2D eigenvalue weighted by molar-refractivity contribution is 7.14. The summed E-state index contributed by atoms with van der Waals surface area (Å²) in [6.45, 7) is 6.57. The van der Waals surface area contributed by atoms with Crippen molar-refractivity contribution < 1.29 is 4.79 Å². The highest BCUT2D eigenvalue weighted by atomic mass is 32.1. The van der Waals surface area contributed by atoms with Gasteiger partial charge in [-0.15, -0.1) is 11.3 Å². The molecule has 1 fully saturated rings. The zero-order chi connectivity index (χ0) is 11.6. The highest BCUT2D eigenvalue weighted by Gasteiger charge is 2.44. The maximum atomic E-state index is 12.0. The van der Waals surface area contributed by atoms with Crippen molar-refractivity contribution in [3.63, 3.8) is 0 Å². The van der Waals surface area contributed by atoms with Gasteiger partial charge in [0.15, 0.2) is 5.78 Å². The smallest absolute Gasteiger partial charge is 0.175 e. The van der Waals surface area contributed by atoms with Gasteiger partial charge in [-0.2, -0.15) is 0 Å². The van der Waals surface area contributed by atoms with Gasteiger partial charge >= 0.3 is 0 Å². The number of rotatable bonds is 1. The van der Waals surface area contributed by atoms with Crippen LogP contribution in [-0.4, -0.2) is 10.8 Å². The Morgan fingerprint density at radius 1 is 1.19 bits per heavy atom. The molecule has 0 amide bonds. The molecule has 0 spiro atoms. The van der Waals surface area contributed by atoms with Gasteiger partial charge in [0.2, 0.25) is 0 Å². The number of Topliss-reactive ketones (excluding diaryl/α,β-unsaturated/α-hetero) is 1. The second-order valence-electron chi connectivity index (χ2n) is 6.30. The molecule has 0 N–H and O–H groups in total. The van der Waals surface area contributed by atoms with Crippen LogP contribution in [0.2, 0.25) is 0 Å². The standard InChI is InChI=1S/C13H17NOS/c1-12(2)6-8-10(9(15)7-12)16-11(14-8)13(3)4-5-13/h4-7H2,1-3H3. The van der Waals surface area contributed by atoms with Crippen molar-refractivity contribution in [3.05, 3.63) is 15.6 Å². The second-order valence-corrected chi connectivity index (χ2v) is 7.30. The maximum Gasteiger partial charge on any atom is 0.175 e. The Labute approximate surface area is 100 Å². The molecule has 0 aromatic carbocycles. The monoisotopic (exact) mass is 235 g/mol. The molecule has 2 aliphatic carbocycles. The Hall–Kier alpha value is -0.700. The molecule has 0 saturated heterocycles. The predicted molar refractivity (Wildman–Crippen MR) is 65.1 cm³/mol. The quantitative estimate of drug-likeness (QED) is 0.747. The van der Waals surface area contributed by atoms with Crippen LogP contribution in [0.25, 0.3) is 0 Å². The van der Waals surface area contributed by atoms with Crippen LogP contribution < -0.4 is 0 Å². The third kappa shape index (κ3) is 1.53. The van der Waals surface area contributed by atoms with E-state index in [9.17, 15) is 4.79 Å². The highest BCUT2D eigenvalue weighted by Crippen LogP contribution is 2.50. The molecule has 1 aromatic heterocycles. The first-order valence-corrected chi connectivity index (χ1v) is 6.75. The van der Waals surface area contributed by atoms with Crippen LogP contribution in [0.15, 0.2) is 0 Å². The first-order chi connectivity index (χ1) is 7.40. The Kier molecular flexibility index (Phi) is 1.93. The molecule has 2 nitrogen and oxygen atoms in total. The van der Waals surface area contributed by atoms with Gasteiger partial charge in [0.25, 0.3) is 0 Å². The van der Waals surface area contributed by atoms with E-state index in [1.807, 2.05) is 0 Å². The van der Waals surface area contributed by atoms with Crippen molar-refractivity contribution in [1.29, 1.82) is 0 Å². The van der Waals surface area contributed by atoms with Crippen molar-refractivity contribution in [2.45, 2.75) is 51.9 Å². The van der Waals surface area contributed by atoms with Gasteiger partial charge in [-0.1, -0.05) is 20.8 Å². The summed E-state index contributed by atoms with van der Waals surface area (Å²) in [4.78, 5) is 17.7. The summed E-state index contributed by atoms with van der Waals surface area (Å²) in [5.74, 6) is 0.305. The molecule has 1 heterocycles. The summed E-state index contributed by atoms with van der Waals surface area (Å²) in [6.07, 6.45) is 4.10. The van der Waals surface area contributed by atoms with E-state index < -0.39 is 0 Å². The number of hydrogen-bond donors (Lipinski definition) is 0. The minimum atomic E-state index is 0.0971. The lowest BCUT2D eigenvalue weighted by molar-refractivity contribution is 0.0916. The van der Waals surface area contributed by atoms with Crippen molar-refractivity contribution in [2.24, 2.45) is 5.41 Å². The van der Waals surface area contributed by atoms with Crippen molar-refractivity contribution in [1.82, 2.24) is 4.98 Å². The van der Waals surface area contributed by atoms with Crippen LogP contribution in [0.4, 0.5) is 0 Å². The largest absolute Gasteiger partial charge is 0.293 e. The predicted octanol–water partition coefficient (Wildman–Crippen LogP) is 3.35. The van der Waals surface area contributed by atoms with Crippen LogP contribution in [0.5, 0.6) is 0 Å². The first-order valence-electron chi connectivity index (χ1n) is 5.93. The van der Waals surface area contributed by atoms with Crippen molar-refractivity contribution >= 4 is 17.1 Å². The molecule has 0 aliphatic heterocycles. The van der Waals surface area contributed by atoms with Crippen LogP contribution in [0.3, 0.4) is 0 Å². The minimum absolute atomic E-state index is 0.0971. The average molecular weight is 235 g/mol. The lowest BCUT2D eigenvalue weighted by Crippen LogP contribution is -2.26. The van der Waals surface area contributed by atoms with Gasteiger partial charge in [0.05, 0.1) is 15.6 Å². The summed E-state index contributed by atoms with van der Waals surface area (Å²) in [7, 11) is 0. The molecule has 0 atom stereocenters. The molecule has 1 saturated carbocycles. The number of carbonyl (C=O) groups excluding carboxylic acids is 1. The molecular weight excluding hydrogens is 218 g/mol. The SMILES string of the molecule is CC1(C)CC(=O)c2sc(C3(C)CC3)nc2C1. The molecule has 0 radical (unpaired) electrons. The third-order valence-corrected chi connectivity index (χ3v) is 5.20. The van der Waals surface area contributed by atoms with E-state index in [0.717, 1.165) is 17.0 Å². The maximum absolute atomic E-state index is 12.0. The lowest BCUT2D eigenvalue weighted by Gasteiger charge is -2.26. The number of fused-ring (bicyclic) bond motifs is 1. The van der Waals surface area contributed by atoms with E-state index in [2.05, 4.69) is 20.8 Å². The average Bonchev–Trinajstić information content (AvgIpc) is 2.75. The van der Waals surface area contributed by atoms with Gasteiger partial charge in [-0.3, -0.25) is 4.79 Å². The van der Waals surface area contributed by atoms with E-state index >= 15 is 0 Å². The molecule has 2 aliphatic rings. The molecular formula is C13H17NOS. The van der Waals surface area contributed by atoms with E-state index in [4.69, 9.17) is 4.98 Å². The summed E-state index contributed by atoms with van der Waals surface area (Å²) in [5, 5.41) is 1.20. The summed E-state index contributed by atoms with van der Waals surface area (Å²) in [6, 6.07) is 0. The summed E-state index contributed by atoms with van der Waals surface area (Å²) < 4.78 is 0. The topological polar surface area (TPSA) is 30.0 Å². The first kappa shape index (κ1) is 10.5. The number of carbonyl (C=O) groups is 1. The number of aromatic nitrogens is 1. The zero-order valence-corrected chi connectivity index (χ0v) is 10.9. The fraction of sp³-hybridized carbons (Fsp3) is 0.692. The minimum Gasteiger partial charge on any atom is -0.293 e. The van der Waals surface area contributed by atoms with Crippen LogP contribution in [0, 0.1) is 5.41 Å². The number of hydrogen-bond acceptors (Lipinski definition) is 3. The zero-order valence-electron chi connectivity index (χ0n) is 10.1.